The van der Waals surface area contributed by atoms with Crippen LogP contribution in [0.3, 0.4) is 0 Å². The Kier molecular flexibility index (Phi) is 6.17. The van der Waals surface area contributed by atoms with Gasteiger partial charge in [-0.05, 0) is 79.7 Å². The van der Waals surface area contributed by atoms with Crippen molar-refractivity contribution in [3.05, 3.63) is 64.7 Å². The van der Waals surface area contributed by atoms with Crippen molar-refractivity contribution in [2.45, 2.75) is 38.0 Å². The van der Waals surface area contributed by atoms with E-state index in [1.807, 2.05) is 42.5 Å². The zero-order valence-electron chi connectivity index (χ0n) is 17.9. The Labute approximate surface area is 201 Å². The summed E-state index contributed by atoms with van der Waals surface area (Å²) in [6, 6.07) is 15.2. The Bertz CT molecular complexity index is 1170. The summed E-state index contributed by atoms with van der Waals surface area (Å²) < 4.78 is 0. The van der Waals surface area contributed by atoms with Crippen LogP contribution < -0.4 is 5.32 Å². The molecule has 2 N–H and O–H groups in total. The molecule has 2 aliphatic carbocycles. The number of amides is 1. The van der Waals surface area contributed by atoms with E-state index in [1.54, 1.807) is 6.07 Å². The first-order chi connectivity index (χ1) is 16.0. The predicted octanol–water partition coefficient (Wildman–Crippen LogP) is 6.11. The maximum Gasteiger partial charge on any atom is 0.306 e. The van der Waals surface area contributed by atoms with E-state index in [2.05, 4.69) is 15.5 Å². The summed E-state index contributed by atoms with van der Waals surface area (Å²) in [5, 5.41) is 22.0. The van der Waals surface area contributed by atoms with Crippen molar-refractivity contribution < 1.29 is 14.7 Å². The van der Waals surface area contributed by atoms with Crippen LogP contribution in [0.5, 0.6) is 0 Å². The van der Waals surface area contributed by atoms with Crippen LogP contribution in [0.4, 0.5) is 5.13 Å². The van der Waals surface area contributed by atoms with E-state index in [-0.39, 0.29) is 11.8 Å². The van der Waals surface area contributed by atoms with E-state index in [0.717, 1.165) is 37.7 Å². The summed E-state index contributed by atoms with van der Waals surface area (Å²) >= 11 is 7.34. The third-order valence-corrected chi connectivity index (χ3v) is 8.02. The molecule has 2 fully saturated rings. The molecule has 0 radical (unpaired) electrons. The molecule has 33 heavy (non-hydrogen) atoms. The molecule has 0 saturated heterocycles. The third kappa shape index (κ3) is 4.94. The molecule has 3 aromatic rings. The molecule has 1 heterocycles. The lowest BCUT2D eigenvalue weighted by molar-refractivity contribution is -0.139. The van der Waals surface area contributed by atoms with Gasteiger partial charge in [0.25, 0.3) is 5.91 Å². The lowest BCUT2D eigenvalue weighted by atomic mass is 9.76. The Morgan fingerprint density at radius 1 is 1.03 bits per heavy atom. The molecule has 170 valence electrons. The average molecular weight is 482 g/mol. The van der Waals surface area contributed by atoms with Crippen LogP contribution in [0.25, 0.3) is 10.6 Å². The summed E-state index contributed by atoms with van der Waals surface area (Å²) in [7, 11) is 0. The van der Waals surface area contributed by atoms with Gasteiger partial charge in [-0.2, -0.15) is 0 Å². The largest absolute Gasteiger partial charge is 0.481 e. The number of nitrogens with one attached hydrogen (secondary N) is 1. The van der Waals surface area contributed by atoms with Gasteiger partial charge in [0.05, 0.1) is 5.92 Å². The van der Waals surface area contributed by atoms with Gasteiger partial charge in [-0.1, -0.05) is 47.2 Å². The Morgan fingerprint density at radius 3 is 2.45 bits per heavy atom. The second-order valence-electron chi connectivity index (χ2n) is 8.95. The number of rotatable bonds is 6. The molecule has 0 bridgehead atoms. The molecule has 0 aliphatic heterocycles. The fraction of sp³-hybridized carbons (Fsp3) is 0.360. The van der Waals surface area contributed by atoms with Crippen molar-refractivity contribution in [1.82, 2.24) is 10.2 Å². The summed E-state index contributed by atoms with van der Waals surface area (Å²) in [4.78, 5) is 23.8. The van der Waals surface area contributed by atoms with Crippen LogP contribution >= 0.6 is 22.9 Å². The van der Waals surface area contributed by atoms with Crippen molar-refractivity contribution in [3.63, 3.8) is 0 Å². The summed E-state index contributed by atoms with van der Waals surface area (Å²) in [5.74, 6) is 0.450. The van der Waals surface area contributed by atoms with Gasteiger partial charge in [-0.3, -0.25) is 14.9 Å². The first-order valence-corrected chi connectivity index (χ1v) is 12.4. The number of carbonyl (C=O) groups is 2. The number of halogens is 1. The highest BCUT2D eigenvalue weighted by Crippen LogP contribution is 2.51. The Balaban J connectivity index is 1.16. The number of carboxylic acid groups (broad SMARTS) is 1. The predicted molar refractivity (Wildman–Crippen MR) is 129 cm³/mol. The van der Waals surface area contributed by atoms with E-state index in [1.165, 1.54) is 16.9 Å². The van der Waals surface area contributed by atoms with Crippen LogP contribution in [-0.2, 0) is 4.79 Å². The number of benzene rings is 2. The number of hydrogen-bond donors (Lipinski definition) is 2. The monoisotopic (exact) mass is 481 g/mol. The molecule has 0 unspecified atom stereocenters. The van der Waals surface area contributed by atoms with Crippen LogP contribution in [0.1, 0.15) is 53.9 Å². The second-order valence-corrected chi connectivity index (χ2v) is 10.4. The Morgan fingerprint density at radius 2 is 1.79 bits per heavy atom. The molecule has 8 heteroatoms. The SMILES string of the molecule is O=C(Nc1nnc(-c2cccc(Cl)c2)s1)c1ccc(C2CCC([C@H]3C[C@@H]3C(=O)O)CC2)cc1. The van der Waals surface area contributed by atoms with Gasteiger partial charge in [-0.15, -0.1) is 10.2 Å². The van der Waals surface area contributed by atoms with Gasteiger partial charge in [0, 0.05) is 16.1 Å². The molecule has 6 nitrogen and oxygen atoms in total. The Hall–Kier alpha value is -2.77. The van der Waals surface area contributed by atoms with Crippen molar-refractivity contribution in [2.75, 3.05) is 5.32 Å². The molecule has 2 atom stereocenters. The van der Waals surface area contributed by atoms with E-state index >= 15 is 0 Å². The summed E-state index contributed by atoms with van der Waals surface area (Å²) in [5.41, 5.74) is 2.68. The summed E-state index contributed by atoms with van der Waals surface area (Å²) in [6.07, 6.45) is 5.19. The highest BCUT2D eigenvalue weighted by atomic mass is 35.5. The molecule has 2 aromatic carbocycles. The highest BCUT2D eigenvalue weighted by Gasteiger charge is 2.48. The van der Waals surface area contributed by atoms with E-state index < -0.39 is 5.97 Å². The first kappa shape index (κ1) is 22.0. The number of nitrogens with zero attached hydrogens (tertiary/aromatic N) is 2. The first-order valence-electron chi connectivity index (χ1n) is 11.2. The van der Waals surface area contributed by atoms with Crippen LogP contribution in [0, 0.1) is 17.8 Å². The van der Waals surface area contributed by atoms with Crippen molar-refractivity contribution in [3.8, 4) is 10.6 Å². The van der Waals surface area contributed by atoms with Crippen LogP contribution in [0.15, 0.2) is 48.5 Å². The zero-order valence-corrected chi connectivity index (χ0v) is 19.5. The van der Waals surface area contributed by atoms with Gasteiger partial charge in [0.15, 0.2) is 0 Å². The number of aromatic nitrogens is 2. The highest BCUT2D eigenvalue weighted by molar-refractivity contribution is 7.18. The molecule has 5 rings (SSSR count). The lowest BCUT2D eigenvalue weighted by Crippen LogP contribution is -2.17. The minimum Gasteiger partial charge on any atom is -0.481 e. The molecule has 2 saturated carbocycles. The van der Waals surface area contributed by atoms with Gasteiger partial charge in [-0.25, -0.2) is 0 Å². The minimum atomic E-state index is -0.634. The molecular formula is C25H24ClN3O3S. The quantitative estimate of drug-likeness (QED) is 0.443. The minimum absolute atomic E-state index is 0.112. The molecule has 1 amide bonds. The summed E-state index contributed by atoms with van der Waals surface area (Å²) in [6.45, 7) is 0. The second kappa shape index (κ2) is 9.23. The van der Waals surface area contributed by atoms with Crippen molar-refractivity contribution in [2.24, 2.45) is 17.8 Å². The molecule has 1 aromatic heterocycles. The third-order valence-electron chi connectivity index (χ3n) is 6.90. The van der Waals surface area contributed by atoms with Gasteiger partial charge < -0.3 is 5.11 Å². The fourth-order valence-electron chi connectivity index (χ4n) is 4.99. The normalized spacial score (nSPS) is 24.3. The number of carbonyl (C=O) groups excluding carboxylic acids is 1. The number of carboxylic acids is 1. The van der Waals surface area contributed by atoms with E-state index in [4.69, 9.17) is 16.7 Å². The van der Waals surface area contributed by atoms with E-state index in [9.17, 15) is 9.59 Å². The smallest absolute Gasteiger partial charge is 0.306 e. The van der Waals surface area contributed by atoms with Crippen LogP contribution in [0.2, 0.25) is 5.02 Å². The van der Waals surface area contributed by atoms with Gasteiger partial charge in [0.2, 0.25) is 5.13 Å². The van der Waals surface area contributed by atoms with Crippen molar-refractivity contribution >= 4 is 39.9 Å². The lowest BCUT2D eigenvalue weighted by Gasteiger charge is -2.29. The van der Waals surface area contributed by atoms with Crippen molar-refractivity contribution in [1.29, 1.82) is 0 Å². The van der Waals surface area contributed by atoms with Crippen LogP contribution in [-0.4, -0.2) is 27.2 Å². The fourth-order valence-corrected chi connectivity index (χ4v) is 5.91. The van der Waals surface area contributed by atoms with Gasteiger partial charge >= 0.3 is 5.97 Å². The maximum atomic E-state index is 12.7. The number of anilines is 1. The zero-order chi connectivity index (χ0) is 22.9. The van der Waals surface area contributed by atoms with Gasteiger partial charge in [0.1, 0.15) is 5.01 Å². The molecular weight excluding hydrogens is 458 g/mol. The standard InChI is InChI=1S/C25H24ClN3O3S/c26-19-3-1-2-18(12-19)23-28-29-25(33-23)27-22(30)17-10-6-15(7-11-17)14-4-8-16(9-5-14)20-13-21(20)24(31)32/h1-3,6-7,10-12,14,16,20-21H,4-5,8-9,13H2,(H,31,32)(H,27,29,30)/t14?,16?,20-,21+/m1/s1. The number of aliphatic carboxylic acids is 1. The topological polar surface area (TPSA) is 92.2 Å². The average Bonchev–Trinajstić information content (AvgIpc) is 3.51. The maximum absolute atomic E-state index is 12.7. The molecule has 2 aliphatic rings. The van der Waals surface area contributed by atoms with E-state index in [0.29, 0.717) is 38.5 Å². The number of hydrogen-bond acceptors (Lipinski definition) is 5. The molecule has 0 spiro atoms.